The third-order valence-corrected chi connectivity index (χ3v) is 5.10. The monoisotopic (exact) mass is 371 g/mol. The second-order valence-corrected chi connectivity index (χ2v) is 6.62. The van der Waals surface area contributed by atoms with E-state index >= 15 is 0 Å². The zero-order valence-corrected chi connectivity index (χ0v) is 17.1. The van der Waals surface area contributed by atoms with Crippen molar-refractivity contribution in [1.29, 1.82) is 0 Å². The van der Waals surface area contributed by atoms with E-state index in [1.165, 1.54) is 5.56 Å². The Morgan fingerprint density at radius 2 is 1.67 bits per heavy atom. The zero-order valence-electron chi connectivity index (χ0n) is 17.1. The molecule has 1 aromatic carbocycles. The normalized spacial score (nSPS) is 12.5. The molecule has 0 aliphatic rings. The van der Waals surface area contributed by atoms with Gasteiger partial charge in [-0.25, -0.2) is 0 Å². The number of nitrogens with one attached hydrogen (secondary N) is 1. The Morgan fingerprint density at radius 1 is 1.00 bits per heavy atom. The van der Waals surface area contributed by atoms with Crippen LogP contribution in [0.15, 0.2) is 47.1 Å². The Hall–Kier alpha value is -2.11. The van der Waals surface area contributed by atoms with Crippen LogP contribution in [-0.2, 0) is 6.54 Å². The number of furan rings is 1. The molecule has 0 aliphatic carbocycles. The fourth-order valence-corrected chi connectivity index (χ4v) is 3.31. The van der Waals surface area contributed by atoms with Crippen LogP contribution >= 0.6 is 0 Å². The van der Waals surface area contributed by atoms with E-state index in [1.54, 1.807) is 6.26 Å². The van der Waals surface area contributed by atoms with Crippen LogP contribution in [0.3, 0.4) is 0 Å². The second kappa shape index (κ2) is 10.9. The quantitative estimate of drug-likeness (QED) is 0.650. The molecular weight excluding hydrogens is 338 g/mol. The molecule has 0 saturated carbocycles. The minimum Gasteiger partial charge on any atom is -0.468 e. The van der Waals surface area contributed by atoms with Crippen LogP contribution in [0.5, 0.6) is 0 Å². The van der Waals surface area contributed by atoms with E-state index < -0.39 is 0 Å². The number of carbonyl (C=O) groups is 1. The van der Waals surface area contributed by atoms with Gasteiger partial charge in [-0.2, -0.15) is 0 Å². The highest BCUT2D eigenvalue weighted by molar-refractivity contribution is 5.94. The molecule has 2 aromatic rings. The standard InChI is InChI=1S/C22H33N3O2/c1-5-24(6-2)17-18-11-13-19(14-12-18)22(26)23-16-20(25(7-3)8-4)21-10-9-15-27-21/h9-15,20H,5-8,16-17H2,1-4H3,(H,23,26). The second-order valence-electron chi connectivity index (χ2n) is 6.62. The molecule has 1 aromatic heterocycles. The molecule has 148 valence electrons. The van der Waals surface area contributed by atoms with Crippen LogP contribution < -0.4 is 5.32 Å². The zero-order chi connectivity index (χ0) is 19.6. The predicted molar refractivity (Wildman–Crippen MR) is 110 cm³/mol. The summed E-state index contributed by atoms with van der Waals surface area (Å²) in [5.41, 5.74) is 1.92. The molecule has 1 unspecified atom stereocenters. The molecule has 1 heterocycles. The van der Waals surface area contributed by atoms with Crippen molar-refractivity contribution in [2.45, 2.75) is 40.3 Å². The fourth-order valence-electron chi connectivity index (χ4n) is 3.31. The lowest BCUT2D eigenvalue weighted by atomic mass is 10.1. The van der Waals surface area contributed by atoms with E-state index in [0.29, 0.717) is 12.1 Å². The number of hydrogen-bond donors (Lipinski definition) is 1. The van der Waals surface area contributed by atoms with Gasteiger partial charge in [-0.1, -0.05) is 39.8 Å². The molecule has 0 spiro atoms. The van der Waals surface area contributed by atoms with E-state index in [9.17, 15) is 4.79 Å². The van der Waals surface area contributed by atoms with E-state index in [4.69, 9.17) is 4.42 Å². The Morgan fingerprint density at radius 3 is 2.19 bits per heavy atom. The highest BCUT2D eigenvalue weighted by Gasteiger charge is 2.21. The van der Waals surface area contributed by atoms with E-state index in [1.807, 2.05) is 36.4 Å². The minimum absolute atomic E-state index is 0.0425. The van der Waals surface area contributed by atoms with Gasteiger partial charge in [0.2, 0.25) is 0 Å². The van der Waals surface area contributed by atoms with E-state index in [-0.39, 0.29) is 11.9 Å². The van der Waals surface area contributed by atoms with Gasteiger partial charge >= 0.3 is 0 Å². The molecule has 1 amide bonds. The summed E-state index contributed by atoms with van der Waals surface area (Å²) in [5, 5.41) is 3.07. The van der Waals surface area contributed by atoms with Crippen LogP contribution in [0.4, 0.5) is 0 Å². The molecule has 27 heavy (non-hydrogen) atoms. The minimum atomic E-state index is -0.0481. The van der Waals surface area contributed by atoms with Gasteiger partial charge in [0, 0.05) is 18.7 Å². The molecule has 1 atom stereocenters. The van der Waals surface area contributed by atoms with Crippen molar-refractivity contribution >= 4 is 5.91 Å². The Kier molecular flexibility index (Phi) is 8.55. The lowest BCUT2D eigenvalue weighted by Crippen LogP contribution is -2.37. The molecule has 0 radical (unpaired) electrons. The number of benzene rings is 1. The van der Waals surface area contributed by atoms with Gasteiger partial charge in [0.25, 0.3) is 5.91 Å². The van der Waals surface area contributed by atoms with Gasteiger partial charge in [0.1, 0.15) is 5.76 Å². The number of carbonyl (C=O) groups excluding carboxylic acids is 1. The van der Waals surface area contributed by atoms with Gasteiger partial charge in [-0.15, -0.1) is 0 Å². The summed E-state index contributed by atoms with van der Waals surface area (Å²) < 4.78 is 5.59. The molecule has 0 aliphatic heterocycles. The summed E-state index contributed by atoms with van der Waals surface area (Å²) >= 11 is 0. The van der Waals surface area contributed by atoms with Crippen LogP contribution in [-0.4, -0.2) is 48.4 Å². The summed E-state index contributed by atoms with van der Waals surface area (Å²) in [4.78, 5) is 17.2. The van der Waals surface area contributed by atoms with Crippen LogP contribution in [0.2, 0.25) is 0 Å². The number of hydrogen-bond acceptors (Lipinski definition) is 4. The van der Waals surface area contributed by atoms with Crippen molar-refractivity contribution in [3.63, 3.8) is 0 Å². The van der Waals surface area contributed by atoms with Gasteiger partial charge in [0.15, 0.2) is 0 Å². The number of nitrogens with zero attached hydrogens (tertiary/aromatic N) is 2. The van der Waals surface area contributed by atoms with Crippen molar-refractivity contribution in [3.05, 3.63) is 59.5 Å². The maximum absolute atomic E-state index is 12.6. The number of amides is 1. The first-order valence-electron chi connectivity index (χ1n) is 9.99. The van der Waals surface area contributed by atoms with Gasteiger partial charge in [-0.05, 0) is 56.0 Å². The van der Waals surface area contributed by atoms with Crippen molar-refractivity contribution in [2.75, 3.05) is 32.7 Å². The number of rotatable bonds is 11. The van der Waals surface area contributed by atoms with Crippen LogP contribution in [0.25, 0.3) is 0 Å². The largest absolute Gasteiger partial charge is 0.468 e. The Bertz CT molecular complexity index is 659. The third-order valence-electron chi connectivity index (χ3n) is 5.10. The van der Waals surface area contributed by atoms with Gasteiger partial charge < -0.3 is 9.73 Å². The molecular formula is C22H33N3O2. The Labute approximate surface area is 163 Å². The third kappa shape index (κ3) is 5.94. The summed E-state index contributed by atoms with van der Waals surface area (Å²) in [6, 6.07) is 11.8. The average molecular weight is 372 g/mol. The topological polar surface area (TPSA) is 48.7 Å². The van der Waals surface area contributed by atoms with Crippen LogP contribution in [0.1, 0.15) is 55.4 Å². The molecule has 5 heteroatoms. The first-order chi connectivity index (χ1) is 13.1. The van der Waals surface area contributed by atoms with Crippen LogP contribution in [0, 0.1) is 0 Å². The molecule has 0 bridgehead atoms. The predicted octanol–water partition coefficient (Wildman–Crippen LogP) is 3.93. The smallest absolute Gasteiger partial charge is 0.251 e. The Balaban J connectivity index is 1.99. The first kappa shape index (κ1) is 21.2. The van der Waals surface area contributed by atoms with Gasteiger partial charge in [-0.3, -0.25) is 14.6 Å². The van der Waals surface area contributed by atoms with Crippen molar-refractivity contribution < 1.29 is 9.21 Å². The summed E-state index contributed by atoms with van der Waals surface area (Å²) in [6.45, 7) is 13.9. The van der Waals surface area contributed by atoms with E-state index in [0.717, 1.165) is 38.5 Å². The first-order valence-corrected chi connectivity index (χ1v) is 9.99. The average Bonchev–Trinajstić information content (AvgIpc) is 3.24. The summed E-state index contributed by atoms with van der Waals surface area (Å²) in [6.07, 6.45) is 1.68. The summed E-state index contributed by atoms with van der Waals surface area (Å²) in [7, 11) is 0. The fraction of sp³-hybridized carbons (Fsp3) is 0.500. The lowest BCUT2D eigenvalue weighted by Gasteiger charge is -2.28. The number of likely N-dealkylation sites (N-methyl/N-ethyl adjacent to an activating group) is 1. The van der Waals surface area contributed by atoms with Gasteiger partial charge in [0.05, 0.1) is 12.3 Å². The summed E-state index contributed by atoms with van der Waals surface area (Å²) in [5.74, 6) is 0.835. The van der Waals surface area contributed by atoms with Crippen molar-refractivity contribution in [3.8, 4) is 0 Å². The lowest BCUT2D eigenvalue weighted by molar-refractivity contribution is 0.0929. The highest BCUT2D eigenvalue weighted by Crippen LogP contribution is 2.20. The highest BCUT2D eigenvalue weighted by atomic mass is 16.3. The molecule has 0 saturated heterocycles. The molecule has 1 N–H and O–H groups in total. The maximum atomic E-state index is 12.6. The SMILES string of the molecule is CCN(CC)Cc1ccc(C(=O)NCC(c2ccco2)N(CC)CC)cc1. The van der Waals surface area contributed by atoms with Crippen molar-refractivity contribution in [1.82, 2.24) is 15.1 Å². The maximum Gasteiger partial charge on any atom is 0.251 e. The molecule has 0 fully saturated rings. The van der Waals surface area contributed by atoms with Crippen molar-refractivity contribution in [2.24, 2.45) is 0 Å². The molecule has 5 nitrogen and oxygen atoms in total. The van der Waals surface area contributed by atoms with E-state index in [2.05, 4.69) is 42.8 Å². The molecule has 2 rings (SSSR count).